The minimum absolute atomic E-state index is 0.450. The molecule has 0 saturated heterocycles. The quantitative estimate of drug-likeness (QED) is 0.312. The van der Waals surface area contributed by atoms with Gasteiger partial charge in [0, 0.05) is 6.54 Å². The zero-order valence-electron chi connectivity index (χ0n) is 8.35. The van der Waals surface area contributed by atoms with Gasteiger partial charge in [0.1, 0.15) is 6.04 Å². The highest BCUT2D eigenvalue weighted by Gasteiger charge is 2.30. The number of aliphatic carboxylic acids is 1. The number of aliphatic hydroxyl groups is 2. The topological polar surface area (TPSA) is 167 Å². The summed E-state index contributed by atoms with van der Waals surface area (Å²) >= 11 is 0. The van der Waals surface area contributed by atoms with Gasteiger partial charge in [-0.2, -0.15) is 12.7 Å². The summed E-state index contributed by atoms with van der Waals surface area (Å²) in [5, 5.41) is 30.9. The largest absolute Gasteiger partial charge is 0.480 e. The van der Waals surface area contributed by atoms with Gasteiger partial charge in [-0.05, 0) is 0 Å². The van der Waals surface area contributed by atoms with Gasteiger partial charge in [0.2, 0.25) is 0 Å². The van der Waals surface area contributed by atoms with Gasteiger partial charge >= 0.3 is 5.97 Å². The molecule has 0 fully saturated rings. The van der Waals surface area contributed by atoms with Gasteiger partial charge in [0.15, 0.2) is 0 Å². The van der Waals surface area contributed by atoms with Gasteiger partial charge in [-0.25, -0.2) is 5.14 Å². The first-order chi connectivity index (χ1) is 7.23. The van der Waals surface area contributed by atoms with Gasteiger partial charge in [-0.1, -0.05) is 0 Å². The summed E-state index contributed by atoms with van der Waals surface area (Å²) in [6.07, 6.45) is 0. The van der Waals surface area contributed by atoms with E-state index >= 15 is 0 Å². The van der Waals surface area contributed by atoms with Crippen LogP contribution >= 0.6 is 0 Å². The third-order valence-corrected chi connectivity index (χ3v) is 2.95. The van der Waals surface area contributed by atoms with E-state index in [4.69, 9.17) is 26.2 Å². The molecule has 0 bridgehead atoms. The lowest BCUT2D eigenvalue weighted by Gasteiger charge is -2.27. The van der Waals surface area contributed by atoms with Crippen LogP contribution in [0.25, 0.3) is 0 Å². The number of hydrogen-bond donors (Lipinski definition) is 5. The number of rotatable bonds is 7. The fourth-order valence-electron chi connectivity index (χ4n) is 0.973. The van der Waals surface area contributed by atoms with Crippen LogP contribution < -0.4 is 10.9 Å². The second-order valence-electron chi connectivity index (χ2n) is 3.08. The molecule has 0 rings (SSSR count). The molecule has 9 nitrogen and oxygen atoms in total. The molecule has 10 heteroatoms. The SMILES string of the molecule is N[C@@H](CN(C(CO)CO)S(N)(=O)=O)C(=O)O. The van der Waals surface area contributed by atoms with Gasteiger partial charge in [0.05, 0.1) is 19.3 Å². The van der Waals surface area contributed by atoms with Crippen molar-refractivity contribution >= 4 is 16.2 Å². The fraction of sp³-hybridized carbons (Fsp3) is 0.833. The zero-order valence-corrected chi connectivity index (χ0v) is 9.17. The summed E-state index contributed by atoms with van der Waals surface area (Å²) in [7, 11) is -4.25. The molecule has 0 unspecified atom stereocenters. The Hall–Kier alpha value is -0.780. The predicted molar refractivity (Wildman–Crippen MR) is 53.4 cm³/mol. The second-order valence-corrected chi connectivity index (χ2v) is 4.58. The van der Waals surface area contributed by atoms with Crippen molar-refractivity contribution in [3.8, 4) is 0 Å². The molecule has 0 heterocycles. The molecule has 96 valence electrons. The van der Waals surface area contributed by atoms with E-state index in [-0.39, 0.29) is 0 Å². The van der Waals surface area contributed by atoms with Crippen LogP contribution in [-0.4, -0.2) is 65.9 Å². The van der Waals surface area contributed by atoms with Gasteiger partial charge in [-0.3, -0.25) is 4.79 Å². The highest BCUT2D eigenvalue weighted by molar-refractivity contribution is 7.86. The van der Waals surface area contributed by atoms with Crippen molar-refractivity contribution in [2.45, 2.75) is 12.1 Å². The van der Waals surface area contributed by atoms with Crippen LogP contribution in [-0.2, 0) is 15.0 Å². The zero-order chi connectivity index (χ0) is 12.9. The summed E-state index contributed by atoms with van der Waals surface area (Å²) < 4.78 is 22.6. The first-order valence-electron chi connectivity index (χ1n) is 4.23. The average molecular weight is 257 g/mol. The summed E-state index contributed by atoms with van der Waals surface area (Å²) in [6, 6.07) is -2.70. The molecule has 0 aromatic rings. The first-order valence-corrected chi connectivity index (χ1v) is 5.74. The van der Waals surface area contributed by atoms with E-state index < -0.39 is 48.0 Å². The van der Waals surface area contributed by atoms with Crippen molar-refractivity contribution < 1.29 is 28.5 Å². The van der Waals surface area contributed by atoms with Crippen molar-refractivity contribution in [3.63, 3.8) is 0 Å². The lowest BCUT2D eigenvalue weighted by Crippen LogP contribution is -2.53. The summed E-state index contributed by atoms with van der Waals surface area (Å²) in [5.41, 5.74) is 5.14. The van der Waals surface area contributed by atoms with Crippen LogP contribution in [0.2, 0.25) is 0 Å². The van der Waals surface area contributed by atoms with E-state index in [1.807, 2.05) is 0 Å². The Kier molecular flexibility index (Phi) is 5.78. The average Bonchev–Trinajstić information content (AvgIpc) is 2.16. The van der Waals surface area contributed by atoms with Crippen LogP contribution in [0.1, 0.15) is 0 Å². The van der Waals surface area contributed by atoms with Crippen LogP contribution in [0.4, 0.5) is 0 Å². The molecule has 0 aromatic carbocycles. The monoisotopic (exact) mass is 257 g/mol. The number of carbonyl (C=O) groups is 1. The molecular weight excluding hydrogens is 242 g/mol. The van der Waals surface area contributed by atoms with Crippen LogP contribution in [0, 0.1) is 0 Å². The Balaban J connectivity index is 4.90. The Labute approximate surface area is 92.4 Å². The standard InChI is InChI=1S/C6H15N3O6S/c7-5(6(12)13)1-9(16(8,14)15)4(2-10)3-11/h4-5,10-11H,1-3,7H2,(H,12,13)(H2,8,14,15)/t5-/m0/s1. The molecule has 1 atom stereocenters. The maximum Gasteiger partial charge on any atom is 0.321 e. The normalized spacial score (nSPS) is 14.4. The van der Waals surface area contributed by atoms with Crippen molar-refractivity contribution in [2.75, 3.05) is 19.8 Å². The molecule has 0 saturated carbocycles. The highest BCUT2D eigenvalue weighted by Crippen LogP contribution is 2.04. The van der Waals surface area contributed by atoms with Gasteiger partial charge in [-0.15, -0.1) is 0 Å². The lowest BCUT2D eigenvalue weighted by molar-refractivity contribution is -0.138. The van der Waals surface area contributed by atoms with Crippen molar-refractivity contribution in [2.24, 2.45) is 10.9 Å². The molecule has 0 spiro atoms. The van der Waals surface area contributed by atoms with Gasteiger partial charge in [0.25, 0.3) is 10.2 Å². The molecule has 0 aliphatic rings. The Morgan fingerprint density at radius 2 is 1.75 bits per heavy atom. The van der Waals surface area contributed by atoms with E-state index in [9.17, 15) is 13.2 Å². The minimum Gasteiger partial charge on any atom is -0.480 e. The maximum atomic E-state index is 11.1. The van der Waals surface area contributed by atoms with E-state index in [0.717, 1.165) is 0 Å². The number of aliphatic hydroxyl groups excluding tert-OH is 2. The van der Waals surface area contributed by atoms with E-state index in [2.05, 4.69) is 0 Å². The van der Waals surface area contributed by atoms with E-state index in [0.29, 0.717) is 4.31 Å². The summed E-state index contributed by atoms with van der Waals surface area (Å²) in [4.78, 5) is 10.4. The first kappa shape index (κ1) is 15.2. The Bertz CT molecular complexity index is 327. The molecule has 16 heavy (non-hydrogen) atoms. The second kappa shape index (κ2) is 6.08. The molecule has 0 aromatic heterocycles. The van der Waals surface area contributed by atoms with E-state index in [1.54, 1.807) is 0 Å². The molecule has 0 amide bonds. The predicted octanol–water partition coefficient (Wildman–Crippen LogP) is -3.74. The number of nitrogens with two attached hydrogens (primary N) is 2. The van der Waals surface area contributed by atoms with Gasteiger partial charge < -0.3 is 21.1 Å². The molecule has 0 radical (unpaired) electrons. The van der Waals surface area contributed by atoms with Crippen molar-refractivity contribution in [1.82, 2.24) is 4.31 Å². The smallest absolute Gasteiger partial charge is 0.321 e. The highest BCUT2D eigenvalue weighted by atomic mass is 32.2. The number of carboxylic acid groups (broad SMARTS) is 1. The van der Waals surface area contributed by atoms with Crippen LogP contribution in [0.15, 0.2) is 0 Å². The van der Waals surface area contributed by atoms with Crippen molar-refractivity contribution in [3.05, 3.63) is 0 Å². The molecule has 0 aliphatic carbocycles. The lowest BCUT2D eigenvalue weighted by atomic mass is 10.2. The minimum atomic E-state index is -4.25. The third kappa shape index (κ3) is 4.38. The van der Waals surface area contributed by atoms with Crippen LogP contribution in [0.5, 0.6) is 0 Å². The number of nitrogens with zero attached hydrogens (tertiary/aromatic N) is 1. The maximum absolute atomic E-state index is 11.1. The molecule has 0 aliphatic heterocycles. The summed E-state index contributed by atoms with van der Waals surface area (Å²) in [5.74, 6) is -1.41. The fourth-order valence-corrected chi connectivity index (χ4v) is 1.89. The van der Waals surface area contributed by atoms with Crippen LogP contribution in [0.3, 0.4) is 0 Å². The Morgan fingerprint density at radius 1 is 1.31 bits per heavy atom. The number of carboxylic acids is 1. The number of hydrogen-bond acceptors (Lipinski definition) is 6. The van der Waals surface area contributed by atoms with E-state index in [1.165, 1.54) is 0 Å². The Morgan fingerprint density at radius 3 is 2.00 bits per heavy atom. The molecular formula is C6H15N3O6S. The van der Waals surface area contributed by atoms with Crippen molar-refractivity contribution in [1.29, 1.82) is 0 Å². The third-order valence-electron chi connectivity index (χ3n) is 1.85. The molecule has 7 N–H and O–H groups in total. The summed E-state index contributed by atoms with van der Waals surface area (Å²) in [6.45, 7) is -2.02.